The van der Waals surface area contributed by atoms with Gasteiger partial charge in [0.05, 0.1) is 0 Å². The van der Waals surface area contributed by atoms with Crippen molar-refractivity contribution in [3.05, 3.63) is 48.8 Å². The molecule has 0 fully saturated rings. The van der Waals surface area contributed by atoms with Crippen LogP contribution in [0.5, 0.6) is 0 Å². The first-order valence-electron chi connectivity index (χ1n) is 4.93. The highest BCUT2D eigenvalue weighted by atomic mass is 15.3. The molecule has 1 aromatic heterocycles. The largest absolute Gasteiger partial charge is 0.203 e. The number of fused-ring (bicyclic) bond motifs is 1. The van der Waals surface area contributed by atoms with Crippen LogP contribution in [-0.2, 0) is 0 Å². The molecular weight excluding hydrogens is 200 g/mol. The second-order valence-corrected chi connectivity index (χ2v) is 3.43. The van der Waals surface area contributed by atoms with Gasteiger partial charge in [0.25, 0.3) is 0 Å². The van der Waals surface area contributed by atoms with E-state index < -0.39 is 0 Å². The van der Waals surface area contributed by atoms with E-state index >= 15 is 0 Å². The van der Waals surface area contributed by atoms with Gasteiger partial charge in [0, 0.05) is 5.56 Å². The summed E-state index contributed by atoms with van der Waals surface area (Å²) in [4.78, 5) is 0. The van der Waals surface area contributed by atoms with Crippen LogP contribution < -0.4 is 0 Å². The van der Waals surface area contributed by atoms with E-state index in [0.717, 1.165) is 10.9 Å². The molecule has 0 aliphatic heterocycles. The minimum absolute atomic E-state index is 0.549. The van der Waals surface area contributed by atoms with E-state index in [1.165, 1.54) is 11.7 Å². The molecule has 0 aliphatic rings. The second-order valence-electron chi connectivity index (χ2n) is 3.43. The monoisotopic (exact) mass is 208 g/mol. The molecule has 0 radical (unpaired) electrons. The Morgan fingerprint density at radius 3 is 2.31 bits per heavy atom. The summed E-state index contributed by atoms with van der Waals surface area (Å²) in [6, 6.07) is 14.2. The minimum atomic E-state index is 0.549. The van der Waals surface area contributed by atoms with Crippen molar-refractivity contribution in [2.24, 2.45) is 0 Å². The van der Waals surface area contributed by atoms with Crippen LogP contribution in [0.3, 0.4) is 0 Å². The van der Waals surface area contributed by atoms with Crippen molar-refractivity contribution < 1.29 is 0 Å². The van der Waals surface area contributed by atoms with Crippen molar-refractivity contribution in [3.8, 4) is 11.4 Å². The van der Waals surface area contributed by atoms with Crippen LogP contribution in [0, 0.1) is 0 Å². The Kier molecular flexibility index (Phi) is 2.04. The maximum atomic E-state index is 3.93. The first-order valence-corrected chi connectivity index (χ1v) is 4.93. The first-order chi connectivity index (χ1) is 7.93. The molecule has 76 valence electrons. The molecular formula is C12H8N4. The van der Waals surface area contributed by atoms with Gasteiger partial charge in [0.2, 0.25) is 5.82 Å². The van der Waals surface area contributed by atoms with Crippen molar-refractivity contribution in [1.82, 2.24) is 20.4 Å². The predicted octanol–water partition coefficient (Wildman–Crippen LogP) is 2.09. The van der Waals surface area contributed by atoms with Gasteiger partial charge in [-0.25, -0.2) is 0 Å². The van der Waals surface area contributed by atoms with Gasteiger partial charge in [-0.3, -0.25) is 0 Å². The average Bonchev–Trinajstić information content (AvgIpc) is 2.39. The molecule has 0 aliphatic carbocycles. The quantitative estimate of drug-likeness (QED) is 0.614. The van der Waals surface area contributed by atoms with Gasteiger partial charge in [-0.05, 0) is 16.8 Å². The Morgan fingerprint density at radius 2 is 1.50 bits per heavy atom. The zero-order chi connectivity index (χ0) is 10.8. The van der Waals surface area contributed by atoms with Crippen LogP contribution in [-0.4, -0.2) is 20.4 Å². The van der Waals surface area contributed by atoms with E-state index in [4.69, 9.17) is 0 Å². The summed E-state index contributed by atoms with van der Waals surface area (Å²) in [6.45, 7) is 0. The highest BCUT2D eigenvalue weighted by molar-refractivity contribution is 5.86. The molecule has 0 amide bonds. The van der Waals surface area contributed by atoms with E-state index in [2.05, 4.69) is 32.5 Å². The summed E-state index contributed by atoms with van der Waals surface area (Å²) >= 11 is 0. The molecule has 0 bridgehead atoms. The summed E-state index contributed by atoms with van der Waals surface area (Å²) < 4.78 is 0. The normalized spacial score (nSPS) is 10.5. The van der Waals surface area contributed by atoms with Crippen LogP contribution in [0.2, 0.25) is 0 Å². The zero-order valence-corrected chi connectivity index (χ0v) is 8.41. The van der Waals surface area contributed by atoms with Crippen LogP contribution in [0.4, 0.5) is 0 Å². The van der Waals surface area contributed by atoms with Crippen LogP contribution in [0.15, 0.2) is 48.8 Å². The molecule has 0 atom stereocenters. The summed E-state index contributed by atoms with van der Waals surface area (Å²) in [5.41, 5.74) is 0.930. The van der Waals surface area contributed by atoms with Crippen LogP contribution in [0.1, 0.15) is 0 Å². The fourth-order valence-corrected chi connectivity index (χ4v) is 1.65. The van der Waals surface area contributed by atoms with Crippen LogP contribution >= 0.6 is 0 Å². The van der Waals surface area contributed by atoms with Gasteiger partial charge in [0.15, 0.2) is 6.33 Å². The fraction of sp³-hybridized carbons (Fsp3) is 0. The highest BCUT2D eigenvalue weighted by Crippen LogP contribution is 2.20. The molecule has 0 saturated heterocycles. The average molecular weight is 208 g/mol. The van der Waals surface area contributed by atoms with Crippen LogP contribution in [0.25, 0.3) is 22.2 Å². The Labute approximate surface area is 92.0 Å². The molecule has 0 N–H and O–H groups in total. The lowest BCUT2D eigenvalue weighted by Crippen LogP contribution is -1.93. The number of aromatic nitrogens is 4. The number of hydrogen-bond donors (Lipinski definition) is 0. The lowest BCUT2D eigenvalue weighted by atomic mass is 10.1. The maximum Gasteiger partial charge on any atom is 0.203 e. The lowest BCUT2D eigenvalue weighted by Gasteiger charge is -2.00. The maximum absolute atomic E-state index is 3.93. The molecule has 1 heterocycles. The second kappa shape index (κ2) is 3.66. The molecule has 0 spiro atoms. The van der Waals surface area contributed by atoms with E-state index in [1.54, 1.807) is 0 Å². The number of hydrogen-bond acceptors (Lipinski definition) is 4. The van der Waals surface area contributed by atoms with Gasteiger partial charge in [-0.15, -0.1) is 20.4 Å². The molecule has 2 aromatic carbocycles. The number of benzene rings is 2. The summed E-state index contributed by atoms with van der Waals surface area (Å²) in [5.74, 6) is 0.549. The summed E-state index contributed by atoms with van der Waals surface area (Å²) in [6.07, 6.45) is 1.32. The molecule has 4 nitrogen and oxygen atoms in total. The minimum Gasteiger partial charge on any atom is -0.135 e. The third-order valence-electron chi connectivity index (χ3n) is 2.42. The van der Waals surface area contributed by atoms with Gasteiger partial charge in [0.1, 0.15) is 0 Å². The summed E-state index contributed by atoms with van der Waals surface area (Å²) in [5, 5.41) is 17.7. The molecule has 3 aromatic rings. The Balaban J connectivity index is 2.19. The van der Waals surface area contributed by atoms with Gasteiger partial charge >= 0.3 is 0 Å². The highest BCUT2D eigenvalue weighted by Gasteiger charge is 2.02. The van der Waals surface area contributed by atoms with Crippen molar-refractivity contribution in [3.63, 3.8) is 0 Å². The van der Waals surface area contributed by atoms with Gasteiger partial charge in [-0.1, -0.05) is 36.4 Å². The van der Waals surface area contributed by atoms with Crippen molar-refractivity contribution in [1.29, 1.82) is 0 Å². The van der Waals surface area contributed by atoms with E-state index in [1.807, 2.05) is 30.3 Å². The fourth-order valence-electron chi connectivity index (χ4n) is 1.65. The molecule has 16 heavy (non-hydrogen) atoms. The van der Waals surface area contributed by atoms with Crippen molar-refractivity contribution in [2.45, 2.75) is 0 Å². The molecule has 4 heteroatoms. The van der Waals surface area contributed by atoms with E-state index in [0.29, 0.717) is 5.82 Å². The van der Waals surface area contributed by atoms with Crippen molar-refractivity contribution >= 4 is 10.8 Å². The lowest BCUT2D eigenvalue weighted by molar-refractivity contribution is 0.865. The SMILES string of the molecule is c1ccc2cc(-c3nncnn3)ccc2c1. The van der Waals surface area contributed by atoms with E-state index in [9.17, 15) is 0 Å². The smallest absolute Gasteiger partial charge is 0.135 e. The standard InChI is InChI=1S/C12H8N4/c1-2-4-10-7-11(6-5-9(10)3-1)12-15-13-8-14-16-12/h1-8H. The Morgan fingerprint density at radius 1 is 0.750 bits per heavy atom. The number of rotatable bonds is 1. The zero-order valence-electron chi connectivity index (χ0n) is 8.41. The third-order valence-corrected chi connectivity index (χ3v) is 2.42. The molecule has 0 saturated carbocycles. The molecule has 0 unspecified atom stereocenters. The molecule has 3 rings (SSSR count). The summed E-state index contributed by atoms with van der Waals surface area (Å²) in [7, 11) is 0. The van der Waals surface area contributed by atoms with E-state index in [-0.39, 0.29) is 0 Å². The first kappa shape index (κ1) is 8.91. The van der Waals surface area contributed by atoms with Crippen molar-refractivity contribution in [2.75, 3.05) is 0 Å². The predicted molar refractivity (Wildman–Crippen MR) is 60.6 cm³/mol. The topological polar surface area (TPSA) is 51.6 Å². The van der Waals surface area contributed by atoms with Gasteiger partial charge in [-0.2, -0.15) is 0 Å². The number of nitrogens with zero attached hydrogens (tertiary/aromatic N) is 4. The Hall–Kier alpha value is -2.36. The van der Waals surface area contributed by atoms with Gasteiger partial charge < -0.3 is 0 Å². The Bertz CT molecular complexity index is 622. The third kappa shape index (κ3) is 1.50.